The molecule has 1 N–H and O–H groups in total. The Balaban J connectivity index is 2.15. The highest BCUT2D eigenvalue weighted by Crippen LogP contribution is 2.21. The van der Waals surface area contributed by atoms with E-state index in [0.29, 0.717) is 0 Å². The maximum Gasteiger partial charge on any atom is 0.137 e. The van der Waals surface area contributed by atoms with E-state index in [2.05, 4.69) is 4.98 Å². The first-order valence-corrected chi connectivity index (χ1v) is 5.55. The molecule has 3 aromatic heterocycles. The van der Waals surface area contributed by atoms with Crippen molar-refractivity contribution in [2.45, 2.75) is 0 Å². The lowest BCUT2D eigenvalue weighted by Gasteiger charge is -2.01. The number of imidazole rings is 1. The van der Waals surface area contributed by atoms with Crippen LogP contribution in [0.5, 0.6) is 0 Å². The fraction of sp³-hybridized carbons (Fsp3) is 0. The number of allylic oxidation sites excluding steroid dienone is 1. The van der Waals surface area contributed by atoms with Gasteiger partial charge in [0, 0.05) is 23.5 Å². The van der Waals surface area contributed by atoms with E-state index >= 15 is 0 Å². The molecule has 0 radical (unpaired) electrons. The van der Waals surface area contributed by atoms with Gasteiger partial charge in [0.1, 0.15) is 5.65 Å². The van der Waals surface area contributed by atoms with E-state index in [0.717, 1.165) is 22.5 Å². The van der Waals surface area contributed by atoms with Gasteiger partial charge in [-0.25, -0.2) is 4.98 Å². The number of hydrogen-bond acceptors (Lipinski definition) is 3. The Morgan fingerprint density at radius 3 is 2.94 bits per heavy atom. The van der Waals surface area contributed by atoms with Crippen LogP contribution >= 0.6 is 0 Å². The van der Waals surface area contributed by atoms with Crippen molar-refractivity contribution in [2.24, 2.45) is 0 Å². The molecule has 0 bridgehead atoms. The van der Waals surface area contributed by atoms with Gasteiger partial charge >= 0.3 is 0 Å². The average Bonchev–Trinajstić information content (AvgIpc) is 3.05. The lowest BCUT2D eigenvalue weighted by molar-refractivity contribution is 0.568. The molecule has 0 amide bonds. The molecule has 0 aliphatic rings. The normalized spacial score (nSPS) is 11.3. The number of nitrogens with one attached hydrogen (secondary N) is 1. The smallest absolute Gasteiger partial charge is 0.137 e. The van der Waals surface area contributed by atoms with Crippen LogP contribution in [-0.2, 0) is 0 Å². The molecule has 0 fully saturated rings. The summed E-state index contributed by atoms with van der Waals surface area (Å²) >= 11 is 0. The second kappa shape index (κ2) is 4.33. The molecule has 0 aromatic carbocycles. The topological polar surface area (TPSA) is 54.3 Å². The number of pyridine rings is 1. The number of rotatable bonds is 3. The molecule has 88 valence electrons. The molecule has 0 atom stereocenters. The molecule has 4 nitrogen and oxygen atoms in total. The van der Waals surface area contributed by atoms with E-state index < -0.39 is 0 Å². The van der Waals surface area contributed by atoms with Crippen LogP contribution in [0.1, 0.15) is 5.69 Å². The molecule has 0 aliphatic heterocycles. The van der Waals surface area contributed by atoms with Gasteiger partial charge in [-0.2, -0.15) is 0 Å². The summed E-state index contributed by atoms with van der Waals surface area (Å²) in [6.07, 6.45) is 11.9. The van der Waals surface area contributed by atoms with Gasteiger partial charge in [0.15, 0.2) is 0 Å². The molecular weight excluding hydrogens is 226 g/mol. The van der Waals surface area contributed by atoms with E-state index in [4.69, 9.17) is 9.83 Å². The van der Waals surface area contributed by atoms with Crippen molar-refractivity contribution in [3.63, 3.8) is 0 Å². The fourth-order valence-electron chi connectivity index (χ4n) is 1.87. The van der Waals surface area contributed by atoms with Crippen molar-refractivity contribution in [2.75, 3.05) is 0 Å². The minimum absolute atomic E-state index is 0.881. The van der Waals surface area contributed by atoms with E-state index in [-0.39, 0.29) is 0 Å². The Bertz CT molecular complexity index is 708. The Labute approximate surface area is 104 Å². The van der Waals surface area contributed by atoms with E-state index in [1.165, 1.54) is 6.21 Å². The standard InChI is InChI=1S/C14H11N3O/c15-6-1-2-13-8-16-14-4-3-11(9-17(13)14)12-5-7-18-10-12/h1-10,15H/b2-1+,15-6?. The van der Waals surface area contributed by atoms with Crippen molar-refractivity contribution in [1.29, 1.82) is 5.41 Å². The fourth-order valence-corrected chi connectivity index (χ4v) is 1.87. The predicted octanol–water partition coefficient (Wildman–Crippen LogP) is 3.26. The summed E-state index contributed by atoms with van der Waals surface area (Å²) in [5.74, 6) is 0. The summed E-state index contributed by atoms with van der Waals surface area (Å²) in [6, 6.07) is 5.90. The van der Waals surface area contributed by atoms with Crippen LogP contribution in [-0.4, -0.2) is 15.6 Å². The van der Waals surface area contributed by atoms with Crippen LogP contribution in [0.25, 0.3) is 22.9 Å². The zero-order valence-electron chi connectivity index (χ0n) is 9.58. The molecule has 4 heteroatoms. The minimum Gasteiger partial charge on any atom is -0.472 e. The average molecular weight is 237 g/mol. The molecule has 0 aliphatic carbocycles. The second-order valence-corrected chi connectivity index (χ2v) is 3.87. The Morgan fingerprint density at radius 1 is 1.22 bits per heavy atom. The maximum absolute atomic E-state index is 7.02. The third-order valence-electron chi connectivity index (χ3n) is 2.75. The van der Waals surface area contributed by atoms with Crippen LogP contribution in [0, 0.1) is 5.41 Å². The number of fused-ring (bicyclic) bond motifs is 1. The summed E-state index contributed by atoms with van der Waals surface area (Å²) in [5.41, 5.74) is 3.93. The lowest BCUT2D eigenvalue weighted by Crippen LogP contribution is -1.88. The molecule has 0 saturated heterocycles. The van der Waals surface area contributed by atoms with Crippen molar-refractivity contribution in [3.8, 4) is 11.1 Å². The first-order valence-electron chi connectivity index (χ1n) is 5.55. The second-order valence-electron chi connectivity index (χ2n) is 3.87. The summed E-state index contributed by atoms with van der Waals surface area (Å²) in [4.78, 5) is 4.31. The highest BCUT2D eigenvalue weighted by atomic mass is 16.3. The molecule has 0 unspecified atom stereocenters. The molecule has 3 aromatic rings. The van der Waals surface area contributed by atoms with Crippen LogP contribution < -0.4 is 0 Å². The quantitative estimate of drug-likeness (QED) is 0.711. The van der Waals surface area contributed by atoms with Crippen molar-refractivity contribution >= 4 is 17.9 Å². The highest BCUT2D eigenvalue weighted by molar-refractivity contribution is 5.76. The Morgan fingerprint density at radius 2 is 2.17 bits per heavy atom. The van der Waals surface area contributed by atoms with Gasteiger partial charge in [0.25, 0.3) is 0 Å². The Kier molecular flexibility index (Phi) is 2.53. The number of nitrogens with zero attached hydrogens (tertiary/aromatic N) is 2. The van der Waals surface area contributed by atoms with Gasteiger partial charge in [-0.3, -0.25) is 4.40 Å². The van der Waals surface area contributed by atoms with E-state index in [9.17, 15) is 0 Å². The van der Waals surface area contributed by atoms with Gasteiger partial charge in [-0.05, 0) is 30.4 Å². The van der Waals surface area contributed by atoms with Crippen molar-refractivity contribution in [1.82, 2.24) is 9.38 Å². The van der Waals surface area contributed by atoms with E-state index in [1.807, 2.05) is 34.9 Å². The maximum atomic E-state index is 7.02. The van der Waals surface area contributed by atoms with Crippen LogP contribution in [0.4, 0.5) is 0 Å². The number of hydrogen-bond donors (Lipinski definition) is 1. The van der Waals surface area contributed by atoms with E-state index in [1.54, 1.807) is 24.8 Å². The monoisotopic (exact) mass is 237 g/mol. The third-order valence-corrected chi connectivity index (χ3v) is 2.75. The summed E-state index contributed by atoms with van der Waals surface area (Å²) in [5, 5.41) is 7.02. The van der Waals surface area contributed by atoms with Crippen molar-refractivity contribution < 1.29 is 4.42 Å². The molecule has 0 spiro atoms. The SMILES string of the molecule is N=C/C=C/c1cnc2ccc(-c3ccoc3)cn12. The third kappa shape index (κ3) is 1.73. The predicted molar refractivity (Wildman–Crippen MR) is 70.7 cm³/mol. The zero-order valence-corrected chi connectivity index (χ0v) is 9.58. The number of furan rings is 1. The van der Waals surface area contributed by atoms with Crippen LogP contribution in [0.2, 0.25) is 0 Å². The lowest BCUT2D eigenvalue weighted by atomic mass is 10.1. The number of aromatic nitrogens is 2. The van der Waals surface area contributed by atoms with Gasteiger partial charge in [-0.1, -0.05) is 0 Å². The van der Waals surface area contributed by atoms with Crippen molar-refractivity contribution in [3.05, 3.63) is 54.9 Å². The van der Waals surface area contributed by atoms with Gasteiger partial charge < -0.3 is 9.83 Å². The molecule has 0 saturated carbocycles. The van der Waals surface area contributed by atoms with Gasteiger partial charge in [0.2, 0.25) is 0 Å². The minimum atomic E-state index is 0.881. The summed E-state index contributed by atoms with van der Waals surface area (Å²) < 4.78 is 7.08. The summed E-state index contributed by atoms with van der Waals surface area (Å²) in [7, 11) is 0. The van der Waals surface area contributed by atoms with Gasteiger partial charge in [0.05, 0.1) is 24.4 Å². The van der Waals surface area contributed by atoms with Crippen LogP contribution in [0.3, 0.4) is 0 Å². The Hall–Kier alpha value is -2.62. The van der Waals surface area contributed by atoms with Crippen LogP contribution in [0.15, 0.2) is 53.6 Å². The zero-order chi connectivity index (χ0) is 12.4. The highest BCUT2D eigenvalue weighted by Gasteiger charge is 2.04. The molecular formula is C14H11N3O. The first-order chi connectivity index (χ1) is 8.88. The van der Waals surface area contributed by atoms with Gasteiger partial charge in [-0.15, -0.1) is 0 Å². The molecule has 3 rings (SSSR count). The molecule has 3 heterocycles. The first kappa shape index (κ1) is 10.5. The summed E-state index contributed by atoms with van der Waals surface area (Å²) in [6.45, 7) is 0. The molecule has 18 heavy (non-hydrogen) atoms. The largest absolute Gasteiger partial charge is 0.472 e.